The highest BCUT2D eigenvalue weighted by atomic mass is 32.2. The van der Waals surface area contributed by atoms with Gasteiger partial charge in [-0.3, -0.25) is 0 Å². The average Bonchev–Trinajstić information content (AvgIpc) is 2.96. The van der Waals surface area contributed by atoms with Gasteiger partial charge in [0.25, 0.3) is 0 Å². The Morgan fingerprint density at radius 3 is 2.90 bits per heavy atom. The normalized spacial score (nSPS) is 19.8. The van der Waals surface area contributed by atoms with Gasteiger partial charge in [-0.25, -0.2) is 13.1 Å². The van der Waals surface area contributed by atoms with E-state index in [0.29, 0.717) is 16.0 Å². The molecule has 1 unspecified atom stereocenters. The summed E-state index contributed by atoms with van der Waals surface area (Å²) in [6.07, 6.45) is 0.878. The molecule has 1 fully saturated rings. The van der Waals surface area contributed by atoms with Crippen molar-refractivity contribution in [1.29, 1.82) is 0 Å². The lowest BCUT2D eigenvalue weighted by Gasteiger charge is -2.20. The molecule has 0 aliphatic carbocycles. The fraction of sp³-hybridized carbons (Fsp3) is 0.692. The maximum absolute atomic E-state index is 12.3. The molecule has 1 aliphatic heterocycles. The maximum Gasteiger partial charge on any atom is 0.250 e. The van der Waals surface area contributed by atoms with Crippen LogP contribution in [0, 0.1) is 0 Å². The highest BCUT2D eigenvalue weighted by Gasteiger charge is 2.20. The van der Waals surface area contributed by atoms with E-state index in [-0.39, 0.29) is 0 Å². The summed E-state index contributed by atoms with van der Waals surface area (Å²) in [6.45, 7) is 4.43. The highest BCUT2D eigenvalue weighted by molar-refractivity contribution is 8.06. The van der Waals surface area contributed by atoms with Crippen molar-refractivity contribution in [2.45, 2.75) is 22.8 Å². The number of rotatable bonds is 8. The predicted octanol–water partition coefficient (Wildman–Crippen LogP) is 2.03. The standard InChI is InChI=1S/C13H22N2O2S4/c1-2-14-6-5-11-3-4-13(20-11)21(16,17)15-9-12-10-18-7-8-19-12/h3-4,12,14-15H,2,5-10H2,1H3. The number of hydrogen-bond acceptors (Lipinski definition) is 6. The monoisotopic (exact) mass is 366 g/mol. The molecular formula is C13H22N2O2S4. The zero-order valence-corrected chi connectivity index (χ0v) is 15.4. The van der Waals surface area contributed by atoms with E-state index < -0.39 is 10.0 Å². The molecule has 1 aliphatic rings. The first-order chi connectivity index (χ1) is 10.1. The van der Waals surface area contributed by atoms with Gasteiger partial charge in [-0.1, -0.05) is 6.92 Å². The maximum atomic E-state index is 12.3. The molecule has 2 heterocycles. The van der Waals surface area contributed by atoms with Crippen LogP contribution in [0.25, 0.3) is 0 Å². The lowest BCUT2D eigenvalue weighted by Crippen LogP contribution is -2.33. The van der Waals surface area contributed by atoms with Crippen molar-refractivity contribution in [3.8, 4) is 0 Å². The summed E-state index contributed by atoms with van der Waals surface area (Å²) in [5.74, 6) is 3.32. The molecule has 120 valence electrons. The molecule has 0 aromatic carbocycles. The van der Waals surface area contributed by atoms with Crippen LogP contribution in [0.15, 0.2) is 16.3 Å². The van der Waals surface area contributed by atoms with Gasteiger partial charge >= 0.3 is 0 Å². The van der Waals surface area contributed by atoms with Gasteiger partial charge < -0.3 is 5.32 Å². The van der Waals surface area contributed by atoms with Crippen molar-refractivity contribution in [2.24, 2.45) is 0 Å². The van der Waals surface area contributed by atoms with Crippen LogP contribution in [0.2, 0.25) is 0 Å². The molecule has 0 spiro atoms. The van der Waals surface area contributed by atoms with E-state index in [1.807, 2.05) is 29.6 Å². The Labute approximate surface area is 139 Å². The molecular weight excluding hydrogens is 344 g/mol. The molecule has 0 bridgehead atoms. The van der Waals surface area contributed by atoms with E-state index in [1.165, 1.54) is 17.1 Å². The van der Waals surface area contributed by atoms with Crippen molar-refractivity contribution in [3.63, 3.8) is 0 Å². The Balaban J connectivity index is 1.86. The number of thioether (sulfide) groups is 2. The number of hydrogen-bond donors (Lipinski definition) is 2. The largest absolute Gasteiger partial charge is 0.317 e. The lowest BCUT2D eigenvalue weighted by atomic mass is 10.3. The third-order valence-corrected chi connectivity index (χ3v) is 8.99. The minimum atomic E-state index is -3.34. The van der Waals surface area contributed by atoms with Crippen molar-refractivity contribution in [3.05, 3.63) is 17.0 Å². The van der Waals surface area contributed by atoms with Gasteiger partial charge in [0.2, 0.25) is 10.0 Å². The van der Waals surface area contributed by atoms with Gasteiger partial charge in [0.15, 0.2) is 0 Å². The van der Waals surface area contributed by atoms with Crippen LogP contribution in [0.4, 0.5) is 0 Å². The summed E-state index contributed by atoms with van der Waals surface area (Å²) in [4.78, 5) is 1.11. The molecule has 0 saturated carbocycles. The minimum absolute atomic E-state index is 0.395. The van der Waals surface area contributed by atoms with E-state index in [4.69, 9.17) is 0 Å². The van der Waals surface area contributed by atoms with Gasteiger partial charge in [-0.2, -0.15) is 23.5 Å². The summed E-state index contributed by atoms with van der Waals surface area (Å²) in [6, 6.07) is 3.64. The molecule has 1 saturated heterocycles. The van der Waals surface area contributed by atoms with Crippen molar-refractivity contribution in [2.75, 3.05) is 36.9 Å². The minimum Gasteiger partial charge on any atom is -0.317 e. The van der Waals surface area contributed by atoms with Crippen molar-refractivity contribution >= 4 is 44.9 Å². The topological polar surface area (TPSA) is 58.2 Å². The molecule has 1 aromatic heterocycles. The summed E-state index contributed by atoms with van der Waals surface area (Å²) < 4.78 is 27.8. The quantitative estimate of drug-likeness (QED) is 0.690. The van der Waals surface area contributed by atoms with Gasteiger partial charge in [0.05, 0.1) is 0 Å². The molecule has 2 N–H and O–H groups in total. The van der Waals surface area contributed by atoms with Crippen LogP contribution in [0.1, 0.15) is 11.8 Å². The van der Waals surface area contributed by atoms with Gasteiger partial charge in [0, 0.05) is 33.9 Å². The summed E-state index contributed by atoms with van der Waals surface area (Å²) in [7, 11) is -3.34. The third kappa shape index (κ3) is 5.76. The third-order valence-electron chi connectivity index (χ3n) is 3.09. The first kappa shape index (κ1) is 17.6. The molecule has 0 amide bonds. The number of nitrogens with one attached hydrogen (secondary N) is 2. The molecule has 0 radical (unpaired) electrons. The second-order valence-corrected chi connectivity index (χ2v) is 10.5. The second-order valence-electron chi connectivity index (χ2n) is 4.74. The van der Waals surface area contributed by atoms with Gasteiger partial charge in [0.1, 0.15) is 4.21 Å². The lowest BCUT2D eigenvalue weighted by molar-refractivity contribution is 0.583. The fourth-order valence-electron chi connectivity index (χ4n) is 1.95. The van der Waals surface area contributed by atoms with Crippen molar-refractivity contribution in [1.82, 2.24) is 10.0 Å². The van der Waals surface area contributed by atoms with Crippen LogP contribution in [-0.4, -0.2) is 50.6 Å². The van der Waals surface area contributed by atoms with Gasteiger partial charge in [-0.05, 0) is 31.6 Å². The Kier molecular flexibility index (Phi) is 7.37. The van der Waals surface area contributed by atoms with E-state index in [2.05, 4.69) is 17.0 Å². The van der Waals surface area contributed by atoms with E-state index in [9.17, 15) is 8.42 Å². The number of sulfonamides is 1. The smallest absolute Gasteiger partial charge is 0.250 e. The van der Waals surface area contributed by atoms with Crippen molar-refractivity contribution < 1.29 is 8.42 Å². The predicted molar refractivity (Wildman–Crippen MR) is 95.3 cm³/mol. The highest BCUT2D eigenvalue weighted by Crippen LogP contribution is 2.25. The Bertz CT molecular complexity index is 524. The first-order valence-electron chi connectivity index (χ1n) is 7.10. The molecule has 4 nitrogen and oxygen atoms in total. The number of thiophene rings is 1. The summed E-state index contributed by atoms with van der Waals surface area (Å²) >= 11 is 5.14. The SMILES string of the molecule is CCNCCc1ccc(S(=O)(=O)NCC2CSCCS2)s1. The van der Waals surface area contributed by atoms with Crippen LogP contribution < -0.4 is 10.0 Å². The summed E-state index contributed by atoms with van der Waals surface area (Å²) in [5.41, 5.74) is 0. The van der Waals surface area contributed by atoms with E-state index in [0.717, 1.165) is 35.9 Å². The molecule has 1 aromatic rings. The summed E-state index contributed by atoms with van der Waals surface area (Å²) in [5, 5.41) is 3.64. The first-order valence-corrected chi connectivity index (χ1v) is 11.6. The van der Waals surface area contributed by atoms with Crippen LogP contribution >= 0.6 is 34.9 Å². The molecule has 8 heteroatoms. The van der Waals surface area contributed by atoms with Crippen LogP contribution in [0.3, 0.4) is 0 Å². The Morgan fingerprint density at radius 1 is 1.33 bits per heavy atom. The molecule has 2 rings (SSSR count). The zero-order chi connectivity index (χ0) is 15.1. The van der Waals surface area contributed by atoms with Gasteiger partial charge in [-0.15, -0.1) is 11.3 Å². The fourth-order valence-corrected chi connectivity index (χ4v) is 7.15. The Hall–Kier alpha value is 0.270. The van der Waals surface area contributed by atoms with E-state index in [1.54, 1.807) is 6.07 Å². The van der Waals surface area contributed by atoms with Crippen LogP contribution in [0.5, 0.6) is 0 Å². The van der Waals surface area contributed by atoms with E-state index >= 15 is 0 Å². The molecule has 1 atom stereocenters. The number of likely N-dealkylation sites (N-methyl/N-ethyl adjacent to an activating group) is 1. The molecule has 21 heavy (non-hydrogen) atoms. The second kappa shape index (κ2) is 8.79. The zero-order valence-electron chi connectivity index (χ0n) is 12.1. The average molecular weight is 367 g/mol. The Morgan fingerprint density at radius 2 is 2.19 bits per heavy atom. The van der Waals surface area contributed by atoms with Crippen LogP contribution in [-0.2, 0) is 16.4 Å².